The van der Waals surface area contributed by atoms with Gasteiger partial charge in [-0.1, -0.05) is 48.5 Å². The molecule has 1 saturated heterocycles. The normalized spacial score (nSPS) is 22.5. The average molecular weight is 432 g/mol. The molecule has 2 amide bonds. The Morgan fingerprint density at radius 3 is 2.32 bits per heavy atom. The van der Waals surface area contributed by atoms with Crippen molar-refractivity contribution < 1.29 is 32.3 Å². The molecule has 0 aromatic heterocycles. The van der Waals surface area contributed by atoms with Crippen molar-refractivity contribution >= 4 is 12.0 Å². The van der Waals surface area contributed by atoms with E-state index in [2.05, 4.69) is 0 Å². The fourth-order valence-electron chi connectivity index (χ4n) is 3.81. The lowest BCUT2D eigenvalue weighted by atomic mass is 9.93. The first-order valence-electron chi connectivity index (χ1n) is 9.54. The summed E-state index contributed by atoms with van der Waals surface area (Å²) in [5.41, 5.74) is 0.427. The van der Waals surface area contributed by atoms with Crippen LogP contribution in [0.1, 0.15) is 22.7 Å². The molecule has 3 atom stereocenters. The van der Waals surface area contributed by atoms with E-state index in [4.69, 9.17) is 9.57 Å². The fraction of sp³-hybridized carbons (Fsp3) is 0.273. The first kappa shape index (κ1) is 20.9. The third kappa shape index (κ3) is 4.00. The Kier molecular flexibility index (Phi) is 5.45. The van der Waals surface area contributed by atoms with Crippen LogP contribution in [-0.2, 0) is 27.0 Å². The maximum absolute atomic E-state index is 12.9. The van der Waals surface area contributed by atoms with Crippen molar-refractivity contribution in [1.29, 1.82) is 0 Å². The van der Waals surface area contributed by atoms with E-state index in [1.807, 2.05) is 18.2 Å². The number of carbonyl (C=O) groups is 2. The Labute approximate surface area is 176 Å². The highest BCUT2D eigenvalue weighted by Gasteiger charge is 2.49. The smallest absolute Gasteiger partial charge is 0.416 e. The molecule has 0 N–H and O–H groups in total. The van der Waals surface area contributed by atoms with Gasteiger partial charge in [0.1, 0.15) is 6.10 Å². The largest absolute Gasteiger partial charge is 0.453 e. The van der Waals surface area contributed by atoms with Gasteiger partial charge in [-0.25, -0.2) is 4.79 Å². The highest BCUT2D eigenvalue weighted by atomic mass is 19.4. The maximum Gasteiger partial charge on any atom is 0.416 e. The molecule has 2 bridgehead atoms. The van der Waals surface area contributed by atoms with Crippen LogP contribution in [0.3, 0.4) is 0 Å². The van der Waals surface area contributed by atoms with E-state index in [0.29, 0.717) is 5.56 Å². The first-order valence-corrected chi connectivity index (χ1v) is 9.54. The number of amides is 2. The second-order valence-electron chi connectivity index (χ2n) is 7.19. The molecule has 0 unspecified atom stereocenters. The van der Waals surface area contributed by atoms with Crippen LogP contribution in [0.5, 0.6) is 0 Å². The summed E-state index contributed by atoms with van der Waals surface area (Å²) >= 11 is 0. The number of hydrogen-bond donors (Lipinski definition) is 0. The van der Waals surface area contributed by atoms with Crippen molar-refractivity contribution in [3.8, 4) is 0 Å². The monoisotopic (exact) mass is 432 g/mol. The minimum Gasteiger partial charge on any atom is -0.453 e. The van der Waals surface area contributed by atoms with Crippen LogP contribution in [0, 0.1) is 0 Å². The van der Waals surface area contributed by atoms with Crippen LogP contribution in [-0.4, -0.2) is 41.3 Å². The summed E-state index contributed by atoms with van der Waals surface area (Å²) in [6.07, 6.45) is -3.43. The predicted octanol–water partition coefficient (Wildman–Crippen LogP) is 4.10. The molecule has 31 heavy (non-hydrogen) atoms. The summed E-state index contributed by atoms with van der Waals surface area (Å²) in [6.45, 7) is 0. The summed E-state index contributed by atoms with van der Waals surface area (Å²) in [5.74, 6) is -0.356. The van der Waals surface area contributed by atoms with Crippen LogP contribution in [0.4, 0.5) is 18.0 Å². The Morgan fingerprint density at radius 1 is 1.03 bits per heavy atom. The number of ether oxygens (including phenoxy) is 1. The second kappa shape index (κ2) is 8.07. The van der Waals surface area contributed by atoms with E-state index in [1.165, 1.54) is 24.1 Å². The number of hydroxylamine groups is 2. The van der Waals surface area contributed by atoms with Crippen LogP contribution >= 0.6 is 0 Å². The maximum atomic E-state index is 12.9. The molecular formula is C22H19F3N2O4. The van der Waals surface area contributed by atoms with Crippen LogP contribution in [0.25, 0.3) is 0 Å². The molecule has 3 aliphatic rings. The number of methoxy groups -OCH3 is 1. The number of fused-ring (bicyclic) bond motifs is 2. The van der Waals surface area contributed by atoms with Gasteiger partial charge < -0.3 is 4.74 Å². The van der Waals surface area contributed by atoms with E-state index in [0.717, 1.165) is 22.8 Å². The molecule has 2 aromatic carbocycles. The standard InChI is InChI=1S/C22H19F3N2O4/c1-30-21(29)26-18-12-11-17(20(26)15-7-9-16(10-8-15)22(23,24)25)31-27(18)19(28)13-14-5-3-2-4-6-14/h2-12,17-18,20H,13H2,1H3/t17-,18+,20+/m0/s1. The molecule has 6 nitrogen and oxygen atoms in total. The summed E-state index contributed by atoms with van der Waals surface area (Å²) in [5, 5.41) is 1.12. The van der Waals surface area contributed by atoms with Gasteiger partial charge in [-0.05, 0) is 29.3 Å². The summed E-state index contributed by atoms with van der Waals surface area (Å²) in [6, 6.07) is 12.8. The van der Waals surface area contributed by atoms with E-state index in [-0.39, 0.29) is 12.3 Å². The minimum absolute atomic E-state index is 0.0673. The first-order chi connectivity index (χ1) is 14.8. The third-order valence-corrected chi connectivity index (χ3v) is 5.25. The Balaban J connectivity index is 1.62. The van der Waals surface area contributed by atoms with E-state index < -0.39 is 36.1 Å². The van der Waals surface area contributed by atoms with Crippen molar-refractivity contribution in [3.05, 3.63) is 83.4 Å². The number of hydrogen-bond acceptors (Lipinski definition) is 4. The van der Waals surface area contributed by atoms with Crippen LogP contribution in [0.2, 0.25) is 0 Å². The summed E-state index contributed by atoms with van der Waals surface area (Å²) < 4.78 is 43.7. The van der Waals surface area contributed by atoms with Gasteiger partial charge in [0.2, 0.25) is 0 Å². The molecule has 162 valence electrons. The lowest BCUT2D eigenvalue weighted by Crippen LogP contribution is -2.63. The zero-order valence-electron chi connectivity index (χ0n) is 16.5. The second-order valence-corrected chi connectivity index (χ2v) is 7.19. The lowest BCUT2D eigenvalue weighted by Gasteiger charge is -2.51. The van der Waals surface area contributed by atoms with Gasteiger partial charge in [-0.2, -0.15) is 18.2 Å². The molecule has 5 rings (SSSR count). The number of carbonyl (C=O) groups excluding carboxylic acids is 2. The molecule has 3 aliphatic heterocycles. The molecule has 0 radical (unpaired) electrons. The van der Waals surface area contributed by atoms with Crippen molar-refractivity contribution in [2.45, 2.75) is 30.9 Å². The lowest BCUT2D eigenvalue weighted by molar-refractivity contribution is -0.271. The van der Waals surface area contributed by atoms with E-state index in [1.54, 1.807) is 24.3 Å². The van der Waals surface area contributed by atoms with Gasteiger partial charge in [0, 0.05) is 0 Å². The van der Waals surface area contributed by atoms with Gasteiger partial charge in [-0.3, -0.25) is 14.5 Å². The van der Waals surface area contributed by atoms with Gasteiger partial charge >= 0.3 is 12.3 Å². The topological polar surface area (TPSA) is 59.1 Å². The van der Waals surface area contributed by atoms with Gasteiger partial charge in [0.15, 0.2) is 6.17 Å². The molecule has 0 spiro atoms. The fourth-order valence-corrected chi connectivity index (χ4v) is 3.81. The zero-order chi connectivity index (χ0) is 22.2. The summed E-state index contributed by atoms with van der Waals surface area (Å²) in [4.78, 5) is 32.6. The number of halogens is 3. The highest BCUT2D eigenvalue weighted by molar-refractivity contribution is 5.80. The molecule has 3 heterocycles. The number of benzene rings is 2. The quantitative estimate of drug-likeness (QED) is 0.686. The Bertz CT molecular complexity index is 992. The Hall–Kier alpha value is -3.33. The van der Waals surface area contributed by atoms with Crippen LogP contribution in [0.15, 0.2) is 66.7 Å². The molecular weight excluding hydrogens is 413 g/mol. The highest BCUT2D eigenvalue weighted by Crippen LogP contribution is 2.41. The van der Waals surface area contributed by atoms with Crippen molar-refractivity contribution in [3.63, 3.8) is 0 Å². The molecule has 0 saturated carbocycles. The van der Waals surface area contributed by atoms with Gasteiger partial charge in [-0.15, -0.1) is 0 Å². The SMILES string of the molecule is COC(=O)N1[C@H](c2ccc(C(F)(F)F)cc2)[C@@H]2C=C[C@H]1N(C(=O)Cc1ccccc1)O2. The van der Waals surface area contributed by atoms with Crippen LogP contribution < -0.4 is 0 Å². The third-order valence-electron chi connectivity index (χ3n) is 5.25. The number of rotatable bonds is 3. The van der Waals surface area contributed by atoms with Crippen molar-refractivity contribution in [1.82, 2.24) is 9.96 Å². The molecule has 0 aliphatic carbocycles. The van der Waals surface area contributed by atoms with Gasteiger partial charge in [0.25, 0.3) is 5.91 Å². The molecule has 9 heteroatoms. The van der Waals surface area contributed by atoms with Crippen molar-refractivity contribution in [2.75, 3.05) is 7.11 Å². The molecule has 1 fully saturated rings. The molecule has 2 aromatic rings. The zero-order valence-corrected chi connectivity index (χ0v) is 16.5. The average Bonchev–Trinajstić information content (AvgIpc) is 2.78. The number of alkyl halides is 3. The predicted molar refractivity (Wildman–Crippen MR) is 103 cm³/mol. The van der Waals surface area contributed by atoms with E-state index >= 15 is 0 Å². The van der Waals surface area contributed by atoms with E-state index in [9.17, 15) is 22.8 Å². The van der Waals surface area contributed by atoms with Crippen molar-refractivity contribution in [2.24, 2.45) is 0 Å². The number of nitrogens with zero attached hydrogens (tertiary/aromatic N) is 2. The Morgan fingerprint density at radius 2 is 1.71 bits per heavy atom. The minimum atomic E-state index is -4.47. The van der Waals surface area contributed by atoms with Gasteiger partial charge in [0.05, 0.1) is 25.1 Å². The summed E-state index contributed by atoms with van der Waals surface area (Å²) in [7, 11) is 1.20.